The molecule has 0 radical (unpaired) electrons. The molecule has 4 nitrogen and oxygen atoms in total. The fraction of sp³-hybridized carbons (Fsp3) is 0.105. The molecule has 1 heterocycles. The highest BCUT2D eigenvalue weighted by Gasteiger charge is 2.20. The molecule has 0 N–H and O–H groups in total. The number of aromatic nitrogens is 1. The Kier molecular flexibility index (Phi) is 5.18. The molecule has 0 aliphatic carbocycles. The molecule has 1 unspecified atom stereocenters. The Labute approximate surface area is 151 Å². The van der Waals surface area contributed by atoms with Crippen molar-refractivity contribution in [3.05, 3.63) is 70.7 Å². The molecular weight excluding hydrogens is 360 g/mol. The molecule has 2 aromatic carbocycles. The van der Waals surface area contributed by atoms with Crippen LogP contribution >= 0.6 is 11.3 Å². The minimum atomic E-state index is -1.13. The largest absolute Gasteiger partial charge is 0.451 e. The fourth-order valence-corrected chi connectivity index (χ4v) is 3.12. The number of fused-ring (bicyclic) bond motifs is 1. The first kappa shape index (κ1) is 17.9. The van der Waals surface area contributed by atoms with Crippen molar-refractivity contribution < 1.29 is 23.1 Å². The number of esters is 1. The quantitative estimate of drug-likeness (QED) is 0.378. The Morgan fingerprint density at radius 3 is 2.65 bits per heavy atom. The molecule has 7 heteroatoms. The molecule has 1 atom stereocenters. The van der Waals surface area contributed by atoms with Gasteiger partial charge in [-0.2, -0.15) is 0 Å². The first-order valence-corrected chi connectivity index (χ1v) is 8.49. The van der Waals surface area contributed by atoms with E-state index in [1.54, 1.807) is 0 Å². The van der Waals surface area contributed by atoms with Gasteiger partial charge in [-0.1, -0.05) is 12.1 Å². The van der Waals surface area contributed by atoms with Crippen molar-refractivity contribution in [1.82, 2.24) is 4.98 Å². The van der Waals surface area contributed by atoms with Crippen LogP contribution in [0.4, 0.5) is 8.78 Å². The summed E-state index contributed by atoms with van der Waals surface area (Å²) < 4.78 is 32.1. The minimum absolute atomic E-state index is 0.0700. The number of hydrogen-bond acceptors (Lipinski definition) is 5. The molecule has 0 fully saturated rings. The second kappa shape index (κ2) is 7.53. The third kappa shape index (κ3) is 4.00. The van der Waals surface area contributed by atoms with Gasteiger partial charge in [-0.05, 0) is 43.3 Å². The van der Waals surface area contributed by atoms with Crippen LogP contribution in [0.15, 0.2) is 48.5 Å². The Hall–Kier alpha value is -2.93. The number of hydrogen-bond donors (Lipinski definition) is 0. The summed E-state index contributed by atoms with van der Waals surface area (Å²) in [5.41, 5.74) is 0.756. The van der Waals surface area contributed by atoms with E-state index < -0.39 is 29.5 Å². The van der Waals surface area contributed by atoms with E-state index in [0.29, 0.717) is 5.01 Å². The van der Waals surface area contributed by atoms with Crippen LogP contribution in [-0.2, 0) is 9.53 Å². The third-order valence-corrected chi connectivity index (χ3v) is 4.54. The van der Waals surface area contributed by atoms with Gasteiger partial charge in [-0.15, -0.1) is 11.3 Å². The summed E-state index contributed by atoms with van der Waals surface area (Å²) in [6.07, 6.45) is 1.54. The van der Waals surface area contributed by atoms with Gasteiger partial charge >= 0.3 is 5.97 Å². The number of nitrogens with zero attached hydrogens (tertiary/aromatic N) is 1. The number of benzene rings is 2. The maximum Gasteiger partial charge on any atom is 0.331 e. The summed E-state index contributed by atoms with van der Waals surface area (Å²) in [5.74, 6) is -3.53. The van der Waals surface area contributed by atoms with Gasteiger partial charge in [-0.25, -0.2) is 18.6 Å². The Morgan fingerprint density at radius 2 is 1.92 bits per heavy atom. The summed E-state index contributed by atoms with van der Waals surface area (Å²) >= 11 is 1.41. The number of carbonyl (C=O) groups excluding carboxylic acids is 2. The third-order valence-electron chi connectivity index (χ3n) is 3.54. The molecule has 3 aromatic rings. The van der Waals surface area contributed by atoms with E-state index in [2.05, 4.69) is 4.98 Å². The van der Waals surface area contributed by atoms with Gasteiger partial charge in [0.25, 0.3) is 0 Å². The lowest BCUT2D eigenvalue weighted by atomic mass is 10.1. The average molecular weight is 373 g/mol. The number of ether oxygens (including phenoxy) is 1. The molecule has 0 saturated carbocycles. The highest BCUT2D eigenvalue weighted by Crippen LogP contribution is 2.22. The van der Waals surface area contributed by atoms with Crippen molar-refractivity contribution in [3.8, 4) is 0 Å². The molecule has 3 rings (SSSR count). The van der Waals surface area contributed by atoms with Crippen molar-refractivity contribution in [2.45, 2.75) is 13.0 Å². The predicted molar refractivity (Wildman–Crippen MR) is 94.9 cm³/mol. The normalized spacial score (nSPS) is 12.4. The second-order valence-electron chi connectivity index (χ2n) is 5.43. The Balaban J connectivity index is 1.64. The molecule has 0 amide bonds. The van der Waals surface area contributed by atoms with Crippen LogP contribution in [0.2, 0.25) is 0 Å². The van der Waals surface area contributed by atoms with E-state index in [0.717, 1.165) is 28.4 Å². The number of rotatable bonds is 5. The van der Waals surface area contributed by atoms with Crippen LogP contribution in [0.1, 0.15) is 22.3 Å². The van der Waals surface area contributed by atoms with Crippen molar-refractivity contribution in [2.75, 3.05) is 0 Å². The van der Waals surface area contributed by atoms with Crippen LogP contribution < -0.4 is 0 Å². The molecule has 0 aliphatic heterocycles. The van der Waals surface area contributed by atoms with Gasteiger partial charge in [0.2, 0.25) is 5.78 Å². The molecule has 1 aromatic heterocycles. The summed E-state index contributed by atoms with van der Waals surface area (Å²) in [5, 5.41) is 0.628. The second-order valence-corrected chi connectivity index (χ2v) is 6.49. The molecule has 0 saturated heterocycles. The van der Waals surface area contributed by atoms with Crippen LogP contribution in [-0.4, -0.2) is 22.8 Å². The van der Waals surface area contributed by atoms with Crippen LogP contribution in [0.5, 0.6) is 0 Å². The van der Waals surface area contributed by atoms with Gasteiger partial charge in [0.05, 0.1) is 10.2 Å². The van der Waals surface area contributed by atoms with Gasteiger partial charge in [0.15, 0.2) is 17.7 Å². The molecular formula is C19H13F2NO3S. The number of ketones is 1. The lowest BCUT2D eigenvalue weighted by molar-refractivity contribution is -0.140. The number of carbonyl (C=O) groups is 2. The van der Waals surface area contributed by atoms with E-state index in [9.17, 15) is 18.4 Å². The van der Waals surface area contributed by atoms with Gasteiger partial charge < -0.3 is 4.74 Å². The minimum Gasteiger partial charge on any atom is -0.451 e. The number of halogens is 2. The first-order chi connectivity index (χ1) is 12.4. The number of thiazole rings is 1. The Bertz CT molecular complexity index is 980. The lowest BCUT2D eigenvalue weighted by Crippen LogP contribution is -2.23. The summed E-state index contributed by atoms with van der Waals surface area (Å²) in [7, 11) is 0. The molecule has 132 valence electrons. The Morgan fingerprint density at radius 1 is 1.15 bits per heavy atom. The van der Waals surface area contributed by atoms with Crippen molar-refractivity contribution in [1.29, 1.82) is 0 Å². The van der Waals surface area contributed by atoms with E-state index >= 15 is 0 Å². The topological polar surface area (TPSA) is 56.3 Å². The maximum atomic E-state index is 13.2. The van der Waals surface area contributed by atoms with Crippen LogP contribution in [0.25, 0.3) is 16.3 Å². The maximum absolute atomic E-state index is 13.2. The SMILES string of the molecule is CC(OC(=O)C=Cc1nc2ccccc2s1)C(=O)c1ccc(F)c(F)c1. The highest BCUT2D eigenvalue weighted by molar-refractivity contribution is 7.19. The molecule has 0 bridgehead atoms. The number of para-hydroxylation sites is 1. The van der Waals surface area contributed by atoms with E-state index in [-0.39, 0.29) is 5.56 Å². The van der Waals surface area contributed by atoms with Gasteiger partial charge in [0, 0.05) is 11.6 Å². The van der Waals surface area contributed by atoms with Crippen LogP contribution in [0, 0.1) is 11.6 Å². The van der Waals surface area contributed by atoms with E-state index in [4.69, 9.17) is 4.74 Å². The zero-order valence-electron chi connectivity index (χ0n) is 13.6. The van der Waals surface area contributed by atoms with Crippen molar-refractivity contribution in [3.63, 3.8) is 0 Å². The summed E-state index contributed by atoms with van der Waals surface area (Å²) in [4.78, 5) is 28.4. The summed E-state index contributed by atoms with van der Waals surface area (Å²) in [6.45, 7) is 1.37. The number of Topliss-reactive ketones (excluding diaryl/α,β-unsaturated/α-hetero) is 1. The highest BCUT2D eigenvalue weighted by atomic mass is 32.1. The van der Waals surface area contributed by atoms with Crippen molar-refractivity contribution >= 4 is 39.4 Å². The predicted octanol–water partition coefficient (Wildman–Crippen LogP) is 4.40. The smallest absolute Gasteiger partial charge is 0.331 e. The standard InChI is InChI=1S/C19H13F2NO3S/c1-11(19(24)12-6-7-13(20)14(21)10-12)25-18(23)9-8-17-22-15-4-2-3-5-16(15)26-17/h2-11H,1H3. The van der Waals surface area contributed by atoms with Gasteiger partial charge in [-0.3, -0.25) is 4.79 Å². The summed E-state index contributed by atoms with van der Waals surface area (Å²) in [6, 6.07) is 10.3. The zero-order valence-corrected chi connectivity index (χ0v) is 14.4. The molecule has 0 aliphatic rings. The zero-order chi connectivity index (χ0) is 18.7. The lowest BCUT2D eigenvalue weighted by Gasteiger charge is -2.10. The fourth-order valence-electron chi connectivity index (χ4n) is 2.25. The monoisotopic (exact) mass is 373 g/mol. The molecule has 0 spiro atoms. The first-order valence-electron chi connectivity index (χ1n) is 7.67. The average Bonchev–Trinajstić information content (AvgIpc) is 3.04. The van der Waals surface area contributed by atoms with Crippen molar-refractivity contribution in [2.24, 2.45) is 0 Å². The van der Waals surface area contributed by atoms with E-state index in [1.165, 1.54) is 30.4 Å². The molecule has 26 heavy (non-hydrogen) atoms. The van der Waals surface area contributed by atoms with Gasteiger partial charge in [0.1, 0.15) is 5.01 Å². The van der Waals surface area contributed by atoms with E-state index in [1.807, 2.05) is 24.3 Å². The van der Waals surface area contributed by atoms with Crippen LogP contribution in [0.3, 0.4) is 0 Å².